The van der Waals surface area contributed by atoms with Gasteiger partial charge in [0.1, 0.15) is 24.4 Å². The number of benzene rings is 2. The summed E-state index contributed by atoms with van der Waals surface area (Å²) in [7, 11) is 1.57. The van der Waals surface area contributed by atoms with E-state index in [0.717, 1.165) is 5.56 Å². The van der Waals surface area contributed by atoms with Gasteiger partial charge in [-0.1, -0.05) is 18.2 Å². The second kappa shape index (κ2) is 8.21. The number of methoxy groups -OCH3 is 1. The third kappa shape index (κ3) is 4.19. The number of amides is 2. The molecule has 0 saturated heterocycles. The number of hydrogen-bond donors (Lipinski definition) is 2. The molecule has 2 aromatic carbocycles. The van der Waals surface area contributed by atoms with Gasteiger partial charge >= 0.3 is 0 Å². The van der Waals surface area contributed by atoms with Crippen LogP contribution >= 0.6 is 0 Å². The van der Waals surface area contributed by atoms with Crippen molar-refractivity contribution < 1.29 is 23.8 Å². The Morgan fingerprint density at radius 1 is 1.04 bits per heavy atom. The molecule has 0 saturated carbocycles. The van der Waals surface area contributed by atoms with Crippen LogP contribution in [0, 0.1) is 5.41 Å². The maximum Gasteiger partial charge on any atom is 0.239 e. The summed E-state index contributed by atoms with van der Waals surface area (Å²) in [5.41, 5.74) is 0.108. The highest BCUT2D eigenvalue weighted by Gasteiger charge is 2.36. The van der Waals surface area contributed by atoms with Crippen molar-refractivity contribution in [1.29, 1.82) is 0 Å². The van der Waals surface area contributed by atoms with Crippen LogP contribution in [0.5, 0.6) is 17.2 Å². The maximum absolute atomic E-state index is 12.7. The number of carbonyl (C=O) groups excluding carboxylic acids is 2. The fourth-order valence-corrected chi connectivity index (χ4v) is 2.76. The zero-order chi connectivity index (χ0) is 20.1. The van der Waals surface area contributed by atoms with Crippen molar-refractivity contribution in [1.82, 2.24) is 5.32 Å². The van der Waals surface area contributed by atoms with Gasteiger partial charge in [0, 0.05) is 23.9 Å². The van der Waals surface area contributed by atoms with Crippen molar-refractivity contribution in [2.75, 3.05) is 25.6 Å². The number of nitrogens with one attached hydrogen (secondary N) is 2. The van der Waals surface area contributed by atoms with E-state index in [-0.39, 0.29) is 12.5 Å². The van der Waals surface area contributed by atoms with E-state index in [0.29, 0.717) is 36.1 Å². The molecule has 0 unspecified atom stereocenters. The zero-order valence-electron chi connectivity index (χ0n) is 16.2. The molecule has 0 radical (unpaired) electrons. The molecule has 1 aliphatic heterocycles. The number of para-hydroxylation sites is 1. The first-order chi connectivity index (χ1) is 13.4. The summed E-state index contributed by atoms with van der Waals surface area (Å²) in [4.78, 5) is 25.4. The number of anilines is 1. The zero-order valence-corrected chi connectivity index (χ0v) is 16.2. The van der Waals surface area contributed by atoms with Gasteiger partial charge in [-0.2, -0.15) is 0 Å². The average Bonchev–Trinajstić information content (AvgIpc) is 2.71. The number of hydrogen-bond acceptors (Lipinski definition) is 5. The maximum atomic E-state index is 12.7. The largest absolute Gasteiger partial charge is 0.496 e. The molecule has 0 fully saturated rings. The Morgan fingerprint density at radius 3 is 2.50 bits per heavy atom. The Labute approximate surface area is 164 Å². The fourth-order valence-electron chi connectivity index (χ4n) is 2.76. The van der Waals surface area contributed by atoms with Crippen molar-refractivity contribution in [2.24, 2.45) is 5.41 Å². The lowest BCUT2D eigenvalue weighted by molar-refractivity contribution is -0.138. The van der Waals surface area contributed by atoms with Gasteiger partial charge in [-0.15, -0.1) is 0 Å². The molecule has 0 spiro atoms. The third-order valence-corrected chi connectivity index (χ3v) is 4.57. The van der Waals surface area contributed by atoms with Crippen LogP contribution in [0.4, 0.5) is 5.69 Å². The normalized spacial score (nSPS) is 12.8. The number of rotatable bonds is 6. The number of fused-ring (bicyclic) bond motifs is 1. The molecular weight excluding hydrogens is 360 g/mol. The highest BCUT2D eigenvalue weighted by Crippen LogP contribution is 2.33. The van der Waals surface area contributed by atoms with E-state index in [1.165, 1.54) is 0 Å². The van der Waals surface area contributed by atoms with Crippen LogP contribution in [0.3, 0.4) is 0 Å². The quantitative estimate of drug-likeness (QED) is 0.748. The van der Waals surface area contributed by atoms with E-state index in [4.69, 9.17) is 14.2 Å². The van der Waals surface area contributed by atoms with E-state index < -0.39 is 11.3 Å². The minimum atomic E-state index is -1.27. The molecular formula is C21H24N2O5. The van der Waals surface area contributed by atoms with E-state index in [1.54, 1.807) is 39.2 Å². The molecule has 2 N–H and O–H groups in total. The minimum Gasteiger partial charge on any atom is -0.496 e. The van der Waals surface area contributed by atoms with E-state index in [1.807, 2.05) is 24.3 Å². The Kier molecular flexibility index (Phi) is 5.73. The Hall–Kier alpha value is -3.22. The lowest BCUT2D eigenvalue weighted by Crippen LogP contribution is -2.44. The number of ether oxygens (including phenoxy) is 3. The Bertz CT molecular complexity index is 879. The van der Waals surface area contributed by atoms with Gasteiger partial charge in [0.15, 0.2) is 11.5 Å². The molecule has 148 valence electrons. The van der Waals surface area contributed by atoms with Crippen molar-refractivity contribution >= 4 is 17.5 Å². The second-order valence-electron chi connectivity index (χ2n) is 6.93. The molecule has 28 heavy (non-hydrogen) atoms. The van der Waals surface area contributed by atoms with Crippen molar-refractivity contribution in [3.63, 3.8) is 0 Å². The number of carbonyl (C=O) groups is 2. The highest BCUT2D eigenvalue weighted by atomic mass is 16.6. The smallest absolute Gasteiger partial charge is 0.239 e. The van der Waals surface area contributed by atoms with Crippen LogP contribution < -0.4 is 24.8 Å². The fraction of sp³-hybridized carbons (Fsp3) is 0.333. The van der Waals surface area contributed by atoms with Crippen LogP contribution in [-0.2, 0) is 16.1 Å². The summed E-state index contributed by atoms with van der Waals surface area (Å²) in [5.74, 6) is 1.09. The minimum absolute atomic E-state index is 0.267. The molecule has 0 bridgehead atoms. The first-order valence-electron chi connectivity index (χ1n) is 9.03. The second-order valence-corrected chi connectivity index (χ2v) is 6.93. The summed E-state index contributed by atoms with van der Waals surface area (Å²) in [6, 6.07) is 12.5. The van der Waals surface area contributed by atoms with Crippen LogP contribution in [-0.4, -0.2) is 32.1 Å². The van der Waals surface area contributed by atoms with E-state index in [9.17, 15) is 9.59 Å². The van der Waals surface area contributed by atoms with Gasteiger partial charge in [-0.05, 0) is 32.0 Å². The van der Waals surface area contributed by atoms with Gasteiger partial charge in [0.2, 0.25) is 11.8 Å². The van der Waals surface area contributed by atoms with Crippen molar-refractivity contribution in [2.45, 2.75) is 20.4 Å². The van der Waals surface area contributed by atoms with Gasteiger partial charge in [0.05, 0.1) is 7.11 Å². The van der Waals surface area contributed by atoms with E-state index >= 15 is 0 Å². The molecule has 1 heterocycles. The summed E-state index contributed by atoms with van der Waals surface area (Å²) < 4.78 is 16.3. The molecule has 7 nitrogen and oxygen atoms in total. The van der Waals surface area contributed by atoms with Gasteiger partial charge in [-0.3, -0.25) is 9.59 Å². The van der Waals surface area contributed by atoms with Gasteiger partial charge in [-0.25, -0.2) is 0 Å². The van der Waals surface area contributed by atoms with Crippen LogP contribution in [0.2, 0.25) is 0 Å². The molecule has 3 rings (SSSR count). The molecule has 2 aromatic rings. The molecule has 2 amide bonds. The lowest BCUT2D eigenvalue weighted by atomic mass is 9.90. The predicted octanol–water partition coefficient (Wildman–Crippen LogP) is 2.75. The molecule has 0 aromatic heterocycles. The summed E-state index contributed by atoms with van der Waals surface area (Å²) in [5, 5.41) is 5.58. The van der Waals surface area contributed by atoms with Crippen LogP contribution in [0.1, 0.15) is 19.4 Å². The van der Waals surface area contributed by atoms with Crippen LogP contribution in [0.25, 0.3) is 0 Å². The standard InChI is InChI=1S/C21H24N2O5/c1-21(2,19(24)22-13-14-6-4-5-7-16(14)26-3)20(25)23-15-8-9-17-18(12-15)28-11-10-27-17/h4-9,12H,10-11,13H2,1-3H3,(H,22,24)(H,23,25). The first kappa shape index (κ1) is 19.5. The topological polar surface area (TPSA) is 85.9 Å². The average molecular weight is 384 g/mol. The van der Waals surface area contributed by atoms with Crippen LogP contribution in [0.15, 0.2) is 42.5 Å². The first-order valence-corrected chi connectivity index (χ1v) is 9.03. The van der Waals surface area contributed by atoms with Crippen molar-refractivity contribution in [3.8, 4) is 17.2 Å². The summed E-state index contributed by atoms with van der Waals surface area (Å²) in [6.07, 6.45) is 0. The molecule has 1 aliphatic rings. The SMILES string of the molecule is COc1ccccc1CNC(=O)C(C)(C)C(=O)Nc1ccc2c(c1)OCCO2. The summed E-state index contributed by atoms with van der Waals surface area (Å²) >= 11 is 0. The van der Waals surface area contributed by atoms with Gasteiger partial charge < -0.3 is 24.8 Å². The summed E-state index contributed by atoms with van der Waals surface area (Å²) in [6.45, 7) is 4.39. The predicted molar refractivity (Wildman–Crippen MR) is 105 cm³/mol. The van der Waals surface area contributed by atoms with Gasteiger partial charge in [0.25, 0.3) is 0 Å². The Balaban J connectivity index is 1.64. The third-order valence-electron chi connectivity index (χ3n) is 4.57. The van der Waals surface area contributed by atoms with E-state index in [2.05, 4.69) is 10.6 Å². The molecule has 0 aliphatic carbocycles. The molecule has 0 atom stereocenters. The lowest BCUT2D eigenvalue weighted by Gasteiger charge is -2.24. The molecule has 7 heteroatoms. The monoisotopic (exact) mass is 384 g/mol. The highest BCUT2D eigenvalue weighted by molar-refractivity contribution is 6.09. The Morgan fingerprint density at radius 2 is 1.75 bits per heavy atom. The van der Waals surface area contributed by atoms with Crippen molar-refractivity contribution in [3.05, 3.63) is 48.0 Å².